The van der Waals surface area contributed by atoms with E-state index in [4.69, 9.17) is 0 Å². The molecular formula is C10H17ClN4O2S. The van der Waals surface area contributed by atoms with Gasteiger partial charge >= 0.3 is 0 Å². The molecule has 1 aliphatic heterocycles. The summed E-state index contributed by atoms with van der Waals surface area (Å²) in [6.45, 7) is 2.07. The molecule has 0 saturated heterocycles. The number of aryl methyl sites for hydroxylation is 1. The standard InChI is InChI=1S/C10H16N4O2S.ClH/c1-14-7-10(12-8-14)17(15,16)13-6-9-2-4-11-5-3-9;/h2,7-8,11,13H,3-6H2,1H3;1H. The third-order valence-electron chi connectivity index (χ3n) is 2.60. The van der Waals surface area contributed by atoms with E-state index >= 15 is 0 Å². The first-order valence-electron chi connectivity index (χ1n) is 5.44. The minimum absolute atomic E-state index is 0. The number of nitrogens with zero attached hydrogens (tertiary/aromatic N) is 2. The van der Waals surface area contributed by atoms with Crippen molar-refractivity contribution in [1.82, 2.24) is 19.6 Å². The fraction of sp³-hybridized carbons (Fsp3) is 0.500. The number of nitrogens with one attached hydrogen (secondary N) is 2. The second kappa shape index (κ2) is 6.33. The molecule has 0 spiro atoms. The molecular weight excluding hydrogens is 276 g/mol. The van der Waals surface area contributed by atoms with Crippen molar-refractivity contribution in [2.45, 2.75) is 11.4 Å². The van der Waals surface area contributed by atoms with Gasteiger partial charge in [-0.05, 0) is 13.0 Å². The van der Waals surface area contributed by atoms with Gasteiger partial charge in [-0.3, -0.25) is 0 Å². The van der Waals surface area contributed by atoms with Crippen molar-refractivity contribution < 1.29 is 8.42 Å². The van der Waals surface area contributed by atoms with Crippen molar-refractivity contribution in [3.05, 3.63) is 24.2 Å². The molecule has 0 fully saturated rings. The molecule has 2 N–H and O–H groups in total. The van der Waals surface area contributed by atoms with Crippen molar-refractivity contribution in [2.24, 2.45) is 7.05 Å². The van der Waals surface area contributed by atoms with Gasteiger partial charge in [0.2, 0.25) is 0 Å². The smallest absolute Gasteiger partial charge is 0.259 e. The minimum Gasteiger partial charge on any atom is -0.339 e. The Morgan fingerprint density at radius 1 is 1.56 bits per heavy atom. The Morgan fingerprint density at radius 3 is 2.89 bits per heavy atom. The molecule has 0 atom stereocenters. The summed E-state index contributed by atoms with van der Waals surface area (Å²) in [5.74, 6) is 0. The fourth-order valence-electron chi connectivity index (χ4n) is 1.62. The van der Waals surface area contributed by atoms with E-state index < -0.39 is 10.0 Å². The molecule has 0 aliphatic carbocycles. The molecule has 0 aromatic carbocycles. The molecule has 102 valence electrons. The summed E-state index contributed by atoms with van der Waals surface area (Å²) in [5.41, 5.74) is 1.11. The van der Waals surface area contributed by atoms with Gasteiger partial charge in [0.1, 0.15) is 0 Å². The predicted octanol–water partition coefficient (Wildman–Crippen LogP) is 0.0399. The maximum Gasteiger partial charge on any atom is 0.259 e. The molecule has 0 bridgehead atoms. The lowest BCUT2D eigenvalue weighted by Gasteiger charge is -2.14. The van der Waals surface area contributed by atoms with Gasteiger partial charge in [-0.15, -0.1) is 12.4 Å². The summed E-state index contributed by atoms with van der Waals surface area (Å²) in [6.07, 6.45) is 5.85. The van der Waals surface area contributed by atoms with Crippen LogP contribution < -0.4 is 10.0 Å². The predicted molar refractivity (Wildman–Crippen MR) is 71.2 cm³/mol. The van der Waals surface area contributed by atoms with Crippen LogP contribution in [0.5, 0.6) is 0 Å². The lowest BCUT2D eigenvalue weighted by molar-refractivity contribution is 0.579. The fourth-order valence-corrected chi connectivity index (χ4v) is 2.63. The monoisotopic (exact) mass is 292 g/mol. The molecule has 0 saturated carbocycles. The van der Waals surface area contributed by atoms with Crippen LogP contribution in [-0.4, -0.2) is 37.6 Å². The first kappa shape index (κ1) is 15.2. The first-order valence-corrected chi connectivity index (χ1v) is 6.92. The minimum atomic E-state index is -3.48. The summed E-state index contributed by atoms with van der Waals surface area (Å²) < 4.78 is 27.9. The number of sulfonamides is 1. The number of hydrogen-bond acceptors (Lipinski definition) is 4. The molecule has 1 aliphatic rings. The van der Waals surface area contributed by atoms with Crippen LogP contribution in [0, 0.1) is 0 Å². The van der Waals surface area contributed by atoms with Crippen LogP contribution in [0.3, 0.4) is 0 Å². The van der Waals surface area contributed by atoms with Gasteiger partial charge in [0.05, 0.1) is 6.33 Å². The molecule has 18 heavy (non-hydrogen) atoms. The number of hydrogen-bond donors (Lipinski definition) is 2. The van der Waals surface area contributed by atoms with E-state index in [9.17, 15) is 8.42 Å². The summed E-state index contributed by atoms with van der Waals surface area (Å²) in [5, 5.41) is 3.24. The zero-order chi connectivity index (χ0) is 12.3. The molecule has 8 heteroatoms. The number of rotatable bonds is 4. The maximum absolute atomic E-state index is 11.9. The maximum atomic E-state index is 11.9. The van der Waals surface area contributed by atoms with Crippen molar-refractivity contribution in [3.8, 4) is 0 Å². The Bertz CT molecular complexity index is 524. The van der Waals surface area contributed by atoms with Gasteiger partial charge in [0.15, 0.2) is 5.03 Å². The molecule has 2 heterocycles. The average Bonchev–Trinajstić information content (AvgIpc) is 2.76. The van der Waals surface area contributed by atoms with Crippen molar-refractivity contribution in [2.75, 3.05) is 19.6 Å². The van der Waals surface area contributed by atoms with Crippen LogP contribution >= 0.6 is 12.4 Å². The lowest BCUT2D eigenvalue weighted by atomic mass is 10.1. The Labute approximate surface area is 113 Å². The van der Waals surface area contributed by atoms with Crippen LogP contribution in [0.1, 0.15) is 6.42 Å². The summed E-state index contributed by atoms with van der Waals surface area (Å²) in [4.78, 5) is 3.83. The number of aromatic nitrogens is 2. The number of imidazole rings is 1. The Morgan fingerprint density at radius 2 is 2.33 bits per heavy atom. The third kappa shape index (κ3) is 3.81. The van der Waals surface area contributed by atoms with E-state index in [0.29, 0.717) is 6.54 Å². The first-order chi connectivity index (χ1) is 8.08. The van der Waals surface area contributed by atoms with Gasteiger partial charge in [-0.1, -0.05) is 11.6 Å². The summed E-state index contributed by atoms with van der Waals surface area (Å²) >= 11 is 0. The topological polar surface area (TPSA) is 76.0 Å². The van der Waals surface area contributed by atoms with E-state index in [2.05, 4.69) is 15.0 Å². The normalized spacial score (nSPS) is 15.9. The van der Waals surface area contributed by atoms with Gasteiger partial charge in [0, 0.05) is 26.3 Å². The van der Waals surface area contributed by atoms with E-state index in [1.807, 2.05) is 6.08 Å². The Hall–Kier alpha value is -0.890. The third-order valence-corrected chi connectivity index (χ3v) is 3.89. The highest BCUT2D eigenvalue weighted by Gasteiger charge is 2.17. The highest BCUT2D eigenvalue weighted by molar-refractivity contribution is 7.89. The zero-order valence-electron chi connectivity index (χ0n) is 10.1. The molecule has 0 unspecified atom stereocenters. The van der Waals surface area contributed by atoms with Crippen molar-refractivity contribution in [3.63, 3.8) is 0 Å². The summed E-state index contributed by atoms with van der Waals surface area (Å²) in [6, 6.07) is 0. The molecule has 1 aromatic heterocycles. The van der Waals surface area contributed by atoms with Crippen LogP contribution in [0.4, 0.5) is 0 Å². The van der Waals surface area contributed by atoms with Crippen LogP contribution in [0.2, 0.25) is 0 Å². The quantitative estimate of drug-likeness (QED) is 0.768. The van der Waals surface area contributed by atoms with Crippen molar-refractivity contribution in [1.29, 1.82) is 0 Å². The van der Waals surface area contributed by atoms with Crippen LogP contribution in [0.15, 0.2) is 29.2 Å². The van der Waals surface area contributed by atoms with E-state index in [1.54, 1.807) is 11.6 Å². The molecule has 1 aromatic rings. The van der Waals surface area contributed by atoms with Gasteiger partial charge in [-0.25, -0.2) is 18.1 Å². The summed E-state index contributed by atoms with van der Waals surface area (Å²) in [7, 11) is -1.74. The average molecular weight is 293 g/mol. The SMILES string of the molecule is Cl.Cn1cnc(S(=O)(=O)NCC2=CCNCC2)c1. The largest absolute Gasteiger partial charge is 0.339 e. The van der Waals surface area contributed by atoms with E-state index in [-0.39, 0.29) is 17.4 Å². The van der Waals surface area contributed by atoms with Crippen LogP contribution in [0.25, 0.3) is 0 Å². The van der Waals surface area contributed by atoms with Crippen LogP contribution in [-0.2, 0) is 17.1 Å². The van der Waals surface area contributed by atoms with Gasteiger partial charge < -0.3 is 9.88 Å². The second-order valence-corrected chi connectivity index (χ2v) is 5.73. The second-order valence-electron chi connectivity index (χ2n) is 4.02. The lowest BCUT2D eigenvalue weighted by Crippen LogP contribution is -2.29. The van der Waals surface area contributed by atoms with Gasteiger partial charge in [-0.2, -0.15) is 0 Å². The highest BCUT2D eigenvalue weighted by atomic mass is 35.5. The highest BCUT2D eigenvalue weighted by Crippen LogP contribution is 2.07. The van der Waals surface area contributed by atoms with Gasteiger partial charge in [0.25, 0.3) is 10.0 Å². The molecule has 2 rings (SSSR count). The molecule has 6 nitrogen and oxygen atoms in total. The van der Waals surface area contributed by atoms with E-state index in [1.165, 1.54) is 12.5 Å². The Balaban J connectivity index is 0.00000162. The van der Waals surface area contributed by atoms with Crippen molar-refractivity contribution >= 4 is 22.4 Å². The molecule has 0 radical (unpaired) electrons. The zero-order valence-corrected chi connectivity index (χ0v) is 11.7. The Kier molecular flexibility index (Phi) is 5.33. The number of halogens is 1. The molecule has 0 amide bonds. The van der Waals surface area contributed by atoms with E-state index in [0.717, 1.165) is 25.1 Å².